The Labute approximate surface area is 142 Å². The minimum absolute atomic E-state index is 0.327. The molecule has 2 nitrogen and oxygen atoms in total. The number of halogens is 2. The van der Waals surface area contributed by atoms with Gasteiger partial charge in [-0.15, -0.1) is 0 Å². The second-order valence-corrected chi connectivity index (χ2v) is 7.12. The van der Waals surface area contributed by atoms with E-state index in [0.29, 0.717) is 6.04 Å². The van der Waals surface area contributed by atoms with Crippen molar-refractivity contribution in [3.63, 3.8) is 0 Å². The highest BCUT2D eigenvalue weighted by Crippen LogP contribution is 2.30. The quantitative estimate of drug-likeness (QED) is 0.816. The number of rotatable bonds is 3. The van der Waals surface area contributed by atoms with E-state index in [-0.39, 0.29) is 0 Å². The Balaban J connectivity index is 1.97. The molecule has 1 heterocycles. The molecule has 0 spiro atoms. The van der Waals surface area contributed by atoms with Crippen LogP contribution in [-0.2, 0) is 0 Å². The van der Waals surface area contributed by atoms with Crippen molar-refractivity contribution < 1.29 is 0 Å². The van der Waals surface area contributed by atoms with E-state index in [1.807, 2.05) is 0 Å². The average molecular weight is 410 g/mol. The second kappa shape index (κ2) is 7.05. The van der Waals surface area contributed by atoms with Gasteiger partial charge < -0.3 is 5.32 Å². The highest BCUT2D eigenvalue weighted by atomic mass is 79.9. The summed E-state index contributed by atoms with van der Waals surface area (Å²) in [4.78, 5) is 2.56. The standard InChI is InChI=1S/C17H18Br2N2/c18-15-5-1-13(2-6-15)17(21-11-9-20-10-12-21)14-3-7-16(19)8-4-14/h1-8,17,20H,9-12H2. The van der Waals surface area contributed by atoms with Gasteiger partial charge in [-0.1, -0.05) is 56.1 Å². The third kappa shape index (κ3) is 3.75. The zero-order valence-corrected chi connectivity index (χ0v) is 14.9. The fraction of sp³-hybridized carbons (Fsp3) is 0.294. The molecule has 0 aromatic heterocycles. The molecule has 21 heavy (non-hydrogen) atoms. The van der Waals surface area contributed by atoms with Gasteiger partial charge in [-0.2, -0.15) is 0 Å². The van der Waals surface area contributed by atoms with Crippen molar-refractivity contribution in [1.82, 2.24) is 10.2 Å². The second-order valence-electron chi connectivity index (χ2n) is 5.29. The fourth-order valence-electron chi connectivity index (χ4n) is 2.84. The Morgan fingerprint density at radius 2 is 1.19 bits per heavy atom. The molecule has 110 valence electrons. The maximum atomic E-state index is 3.53. The molecule has 0 aliphatic carbocycles. The van der Waals surface area contributed by atoms with Crippen LogP contribution in [0.4, 0.5) is 0 Å². The summed E-state index contributed by atoms with van der Waals surface area (Å²) in [5.74, 6) is 0. The number of hydrogen-bond donors (Lipinski definition) is 1. The van der Waals surface area contributed by atoms with Gasteiger partial charge in [-0.25, -0.2) is 0 Å². The van der Waals surface area contributed by atoms with E-state index in [1.54, 1.807) is 0 Å². The van der Waals surface area contributed by atoms with E-state index in [9.17, 15) is 0 Å². The summed E-state index contributed by atoms with van der Waals surface area (Å²) in [5.41, 5.74) is 2.70. The van der Waals surface area contributed by atoms with E-state index in [0.717, 1.165) is 35.1 Å². The lowest BCUT2D eigenvalue weighted by atomic mass is 9.96. The molecule has 1 aliphatic heterocycles. The highest BCUT2D eigenvalue weighted by molar-refractivity contribution is 9.10. The molecule has 2 aromatic rings. The van der Waals surface area contributed by atoms with Crippen molar-refractivity contribution in [1.29, 1.82) is 0 Å². The van der Waals surface area contributed by atoms with E-state index >= 15 is 0 Å². The minimum atomic E-state index is 0.327. The van der Waals surface area contributed by atoms with Crippen LogP contribution in [0.2, 0.25) is 0 Å². The number of nitrogens with one attached hydrogen (secondary N) is 1. The molecule has 1 N–H and O–H groups in total. The Bertz CT molecular complexity index is 529. The number of nitrogens with zero attached hydrogens (tertiary/aromatic N) is 1. The molecule has 4 heteroatoms. The predicted molar refractivity (Wildman–Crippen MR) is 94.6 cm³/mol. The summed E-state index contributed by atoms with van der Waals surface area (Å²) in [7, 11) is 0. The van der Waals surface area contributed by atoms with Crippen LogP contribution in [0.1, 0.15) is 17.2 Å². The zero-order valence-electron chi connectivity index (χ0n) is 11.7. The van der Waals surface area contributed by atoms with E-state index in [1.165, 1.54) is 11.1 Å². The van der Waals surface area contributed by atoms with E-state index in [2.05, 4.69) is 90.6 Å². The highest BCUT2D eigenvalue weighted by Gasteiger charge is 2.23. The predicted octanol–water partition coefficient (Wildman–Crippen LogP) is 4.21. The SMILES string of the molecule is Brc1ccc(C(c2ccc(Br)cc2)N2CCNCC2)cc1. The lowest BCUT2D eigenvalue weighted by Crippen LogP contribution is -2.45. The topological polar surface area (TPSA) is 15.3 Å². The molecule has 0 saturated carbocycles. The molecular weight excluding hydrogens is 392 g/mol. The first-order chi connectivity index (χ1) is 10.2. The molecule has 1 fully saturated rings. The van der Waals surface area contributed by atoms with Crippen molar-refractivity contribution in [3.8, 4) is 0 Å². The molecule has 0 amide bonds. The zero-order chi connectivity index (χ0) is 14.7. The van der Waals surface area contributed by atoms with Crippen LogP contribution in [0.15, 0.2) is 57.5 Å². The van der Waals surface area contributed by atoms with Crippen LogP contribution in [0, 0.1) is 0 Å². The maximum Gasteiger partial charge on any atom is 0.0602 e. The summed E-state index contributed by atoms with van der Waals surface area (Å²) in [6, 6.07) is 17.7. The van der Waals surface area contributed by atoms with Gasteiger partial charge in [0, 0.05) is 35.1 Å². The van der Waals surface area contributed by atoms with Gasteiger partial charge in [0.1, 0.15) is 0 Å². The third-order valence-electron chi connectivity index (χ3n) is 3.89. The van der Waals surface area contributed by atoms with Crippen molar-refractivity contribution in [2.24, 2.45) is 0 Å². The van der Waals surface area contributed by atoms with Crippen LogP contribution in [0.25, 0.3) is 0 Å². The van der Waals surface area contributed by atoms with Gasteiger partial charge in [0.15, 0.2) is 0 Å². The van der Waals surface area contributed by atoms with Crippen molar-refractivity contribution in [2.75, 3.05) is 26.2 Å². The first-order valence-electron chi connectivity index (χ1n) is 7.20. The molecule has 3 rings (SSSR count). The molecule has 2 aromatic carbocycles. The van der Waals surface area contributed by atoms with Crippen molar-refractivity contribution >= 4 is 31.9 Å². The first-order valence-corrected chi connectivity index (χ1v) is 8.78. The Kier molecular flexibility index (Phi) is 5.11. The van der Waals surface area contributed by atoms with E-state index < -0.39 is 0 Å². The van der Waals surface area contributed by atoms with Crippen LogP contribution in [0.5, 0.6) is 0 Å². The largest absolute Gasteiger partial charge is 0.314 e. The summed E-state index contributed by atoms with van der Waals surface area (Å²) < 4.78 is 2.25. The summed E-state index contributed by atoms with van der Waals surface area (Å²) in [6.45, 7) is 4.28. The molecule has 1 saturated heterocycles. The summed E-state index contributed by atoms with van der Waals surface area (Å²) in [5, 5.41) is 3.43. The number of hydrogen-bond acceptors (Lipinski definition) is 2. The van der Waals surface area contributed by atoms with Crippen LogP contribution in [0.3, 0.4) is 0 Å². The minimum Gasteiger partial charge on any atom is -0.314 e. The van der Waals surface area contributed by atoms with E-state index in [4.69, 9.17) is 0 Å². The fourth-order valence-corrected chi connectivity index (χ4v) is 3.37. The van der Waals surface area contributed by atoms with Gasteiger partial charge >= 0.3 is 0 Å². The molecule has 0 radical (unpaired) electrons. The van der Waals surface area contributed by atoms with Gasteiger partial charge in [0.25, 0.3) is 0 Å². The lowest BCUT2D eigenvalue weighted by Gasteiger charge is -2.35. The van der Waals surface area contributed by atoms with Crippen LogP contribution >= 0.6 is 31.9 Å². The number of benzene rings is 2. The van der Waals surface area contributed by atoms with Crippen molar-refractivity contribution in [3.05, 3.63) is 68.6 Å². The normalized spacial score (nSPS) is 16.3. The summed E-state index contributed by atoms with van der Waals surface area (Å²) >= 11 is 7.05. The van der Waals surface area contributed by atoms with Crippen LogP contribution in [-0.4, -0.2) is 31.1 Å². The lowest BCUT2D eigenvalue weighted by molar-refractivity contribution is 0.198. The first kappa shape index (κ1) is 15.2. The van der Waals surface area contributed by atoms with Gasteiger partial charge in [0.05, 0.1) is 6.04 Å². The third-order valence-corrected chi connectivity index (χ3v) is 4.95. The smallest absolute Gasteiger partial charge is 0.0602 e. The molecule has 0 atom stereocenters. The van der Waals surface area contributed by atoms with Crippen molar-refractivity contribution in [2.45, 2.75) is 6.04 Å². The molecule has 0 bridgehead atoms. The Morgan fingerprint density at radius 3 is 1.62 bits per heavy atom. The Morgan fingerprint density at radius 1 is 0.762 bits per heavy atom. The molecule has 1 aliphatic rings. The molecule has 0 unspecified atom stereocenters. The molecular formula is C17H18Br2N2. The van der Waals surface area contributed by atoms with Gasteiger partial charge in [-0.3, -0.25) is 4.90 Å². The number of piperazine rings is 1. The van der Waals surface area contributed by atoms with Gasteiger partial charge in [0.2, 0.25) is 0 Å². The monoisotopic (exact) mass is 408 g/mol. The maximum absolute atomic E-state index is 3.53. The Hall–Kier alpha value is -0.680. The average Bonchev–Trinajstić information content (AvgIpc) is 2.52. The summed E-state index contributed by atoms with van der Waals surface area (Å²) in [6.07, 6.45) is 0. The van der Waals surface area contributed by atoms with Crippen LogP contribution < -0.4 is 5.32 Å². The van der Waals surface area contributed by atoms with Gasteiger partial charge in [-0.05, 0) is 35.4 Å².